The molecule has 34 heavy (non-hydrogen) atoms. The molecule has 0 radical (unpaired) electrons. The average molecular weight is 533 g/mol. The second kappa shape index (κ2) is 13.9. The topological polar surface area (TPSA) is 94.0 Å². The normalized spacial score (nSPS) is 13.0. The molecule has 1 atom stereocenters. The maximum Gasteiger partial charge on any atom is 0.137 e. The number of hydrogen-bond acceptors (Lipinski definition) is 7. The maximum atomic E-state index is 12.2. The van der Waals surface area contributed by atoms with Crippen LogP contribution in [0.2, 0.25) is 5.02 Å². The molecule has 10 heteroatoms. The number of aliphatic hydroxyl groups excluding tert-OH is 1. The van der Waals surface area contributed by atoms with Crippen molar-refractivity contribution in [2.45, 2.75) is 31.8 Å². The number of hydrazine groups is 1. The van der Waals surface area contributed by atoms with E-state index in [1.807, 2.05) is 42.5 Å². The maximum absolute atomic E-state index is 12.2. The molecule has 2 aromatic carbocycles. The minimum atomic E-state index is -0.851. The van der Waals surface area contributed by atoms with Crippen molar-refractivity contribution in [2.24, 2.45) is 11.6 Å². The molecule has 0 aliphatic carbocycles. The molecular formula is C24H32Cl2FN3O3S. The fourth-order valence-electron chi connectivity index (χ4n) is 3.23. The van der Waals surface area contributed by atoms with Crippen LogP contribution in [0, 0.1) is 0 Å². The Labute approximate surface area is 215 Å². The Kier molecular flexibility index (Phi) is 11.6. The lowest BCUT2D eigenvalue weighted by molar-refractivity contribution is 0.0817. The number of nitrogens with two attached hydrogens (primary N) is 2. The van der Waals surface area contributed by atoms with E-state index >= 15 is 0 Å². The Balaban J connectivity index is 1.96. The lowest BCUT2D eigenvalue weighted by Gasteiger charge is -2.27. The Morgan fingerprint density at radius 3 is 2.50 bits per heavy atom. The van der Waals surface area contributed by atoms with Gasteiger partial charge in [0, 0.05) is 23.2 Å². The molecule has 1 unspecified atom stereocenters. The van der Waals surface area contributed by atoms with Crippen LogP contribution < -0.4 is 21.1 Å². The summed E-state index contributed by atoms with van der Waals surface area (Å²) >= 11 is 12.2. The van der Waals surface area contributed by atoms with Crippen LogP contribution in [0.5, 0.6) is 11.5 Å². The van der Waals surface area contributed by atoms with Crippen molar-refractivity contribution in [2.75, 3.05) is 31.4 Å². The van der Waals surface area contributed by atoms with Crippen molar-refractivity contribution >= 4 is 35.3 Å². The van der Waals surface area contributed by atoms with Gasteiger partial charge in [-0.15, -0.1) is 11.6 Å². The van der Waals surface area contributed by atoms with Gasteiger partial charge in [-0.1, -0.05) is 43.6 Å². The van der Waals surface area contributed by atoms with Gasteiger partial charge in [-0.3, -0.25) is 0 Å². The zero-order chi connectivity index (χ0) is 25.1. The minimum absolute atomic E-state index is 0.0156. The highest BCUT2D eigenvalue weighted by Gasteiger charge is 2.24. The van der Waals surface area contributed by atoms with E-state index in [-0.39, 0.29) is 42.2 Å². The summed E-state index contributed by atoms with van der Waals surface area (Å²) in [5, 5.41) is 11.9. The van der Waals surface area contributed by atoms with E-state index in [9.17, 15) is 8.99 Å². The largest absolute Gasteiger partial charge is 0.492 e. The van der Waals surface area contributed by atoms with Crippen LogP contribution in [0.1, 0.15) is 31.4 Å². The Bertz CT molecular complexity index is 932. The van der Waals surface area contributed by atoms with Gasteiger partial charge in [0.15, 0.2) is 0 Å². The summed E-state index contributed by atoms with van der Waals surface area (Å²) in [6.07, 6.45) is 1.29. The first kappa shape index (κ1) is 28.4. The number of hydrogen-bond donors (Lipinski definition) is 3. The number of ether oxygens (including phenoxy) is 2. The molecule has 0 spiro atoms. The molecule has 5 N–H and O–H groups in total. The second-order valence-electron chi connectivity index (χ2n) is 8.30. The minimum Gasteiger partial charge on any atom is -0.492 e. The van der Waals surface area contributed by atoms with Gasteiger partial charge in [-0.2, -0.15) is 3.89 Å². The number of alkyl halides is 1. The third kappa shape index (κ3) is 8.74. The summed E-state index contributed by atoms with van der Waals surface area (Å²) in [4.78, 5) is 0. The van der Waals surface area contributed by atoms with Crippen molar-refractivity contribution in [1.29, 1.82) is 0 Å². The number of aliphatic hydroxyl groups is 1. The molecule has 0 heterocycles. The predicted octanol–water partition coefficient (Wildman–Crippen LogP) is 5.01. The van der Waals surface area contributed by atoms with Gasteiger partial charge in [-0.05, 0) is 41.8 Å². The van der Waals surface area contributed by atoms with Crippen LogP contribution in [0.25, 0.3) is 0 Å². The molecule has 188 valence electrons. The predicted molar refractivity (Wildman–Crippen MR) is 139 cm³/mol. The van der Waals surface area contributed by atoms with Crippen LogP contribution in [0.4, 0.5) is 3.89 Å². The SMILES string of the molecule is CC(C)(c1ccc(OCC(O)CN(N)/C=C(\N)CSF)cc1)c1ccc(OCCCCl)c(Cl)c1. The van der Waals surface area contributed by atoms with E-state index in [1.165, 1.54) is 11.2 Å². The Morgan fingerprint density at radius 1 is 1.21 bits per heavy atom. The van der Waals surface area contributed by atoms with Gasteiger partial charge in [0.25, 0.3) is 0 Å². The van der Waals surface area contributed by atoms with E-state index in [4.69, 9.17) is 44.3 Å². The first-order valence-electron chi connectivity index (χ1n) is 10.8. The highest BCUT2D eigenvalue weighted by Crippen LogP contribution is 2.36. The molecule has 6 nitrogen and oxygen atoms in total. The monoisotopic (exact) mass is 531 g/mol. The molecule has 0 fully saturated rings. The van der Waals surface area contributed by atoms with E-state index in [0.717, 1.165) is 17.5 Å². The first-order valence-corrected chi connectivity index (χ1v) is 12.6. The Hall–Kier alpha value is -1.84. The van der Waals surface area contributed by atoms with E-state index in [2.05, 4.69) is 13.8 Å². The Morgan fingerprint density at radius 2 is 1.88 bits per heavy atom. The van der Waals surface area contributed by atoms with Crippen LogP contribution in [0.15, 0.2) is 54.4 Å². The van der Waals surface area contributed by atoms with E-state index < -0.39 is 6.10 Å². The van der Waals surface area contributed by atoms with Crippen molar-refractivity contribution in [3.63, 3.8) is 0 Å². The summed E-state index contributed by atoms with van der Waals surface area (Å²) in [6, 6.07) is 13.5. The molecule has 2 rings (SSSR count). The summed E-state index contributed by atoms with van der Waals surface area (Å²) in [5.74, 6) is 7.57. The van der Waals surface area contributed by atoms with E-state index in [1.54, 1.807) is 0 Å². The zero-order valence-corrected chi connectivity index (χ0v) is 21.7. The highest BCUT2D eigenvalue weighted by molar-refractivity contribution is 7.94. The standard InChI is InChI=1S/C24H32Cl2FN3O3S/c1-24(2,18-6-9-23(22(26)12-18)32-11-3-10-25)17-4-7-21(8-5-17)33-15-20(31)14-30(29)13-19(28)16-34-27/h4-9,12-13,20,31H,3,10-11,14-16,28-29H2,1-2H3/b19-13-. The summed E-state index contributed by atoms with van der Waals surface area (Å²) in [6.45, 7) is 4.89. The molecule has 2 aromatic rings. The van der Waals surface area contributed by atoms with E-state index in [0.29, 0.717) is 29.0 Å². The molecule has 0 saturated carbocycles. The third-order valence-electron chi connectivity index (χ3n) is 5.18. The number of halogens is 3. The van der Waals surface area contributed by atoms with Crippen molar-refractivity contribution in [1.82, 2.24) is 5.01 Å². The fraction of sp³-hybridized carbons (Fsp3) is 0.417. The molecule has 0 bridgehead atoms. The van der Waals surface area contributed by atoms with Gasteiger partial charge in [0.2, 0.25) is 0 Å². The van der Waals surface area contributed by atoms with Gasteiger partial charge in [-0.25, -0.2) is 5.84 Å². The van der Waals surface area contributed by atoms with Crippen LogP contribution in [-0.2, 0) is 5.41 Å². The third-order valence-corrected chi connectivity index (χ3v) is 6.19. The van der Waals surface area contributed by atoms with Crippen LogP contribution in [-0.4, -0.2) is 47.6 Å². The zero-order valence-electron chi connectivity index (χ0n) is 19.3. The quantitative estimate of drug-likeness (QED) is 0.136. The van der Waals surface area contributed by atoms with Crippen molar-refractivity contribution in [3.05, 3.63) is 70.5 Å². The average Bonchev–Trinajstić information content (AvgIpc) is 2.79. The second-order valence-corrected chi connectivity index (χ2v) is 9.60. The lowest BCUT2D eigenvalue weighted by Crippen LogP contribution is -2.37. The molecule has 0 amide bonds. The number of benzene rings is 2. The summed E-state index contributed by atoms with van der Waals surface area (Å²) in [5.41, 5.74) is 7.70. The lowest BCUT2D eigenvalue weighted by atomic mass is 9.78. The molecule has 0 aliphatic heterocycles. The summed E-state index contributed by atoms with van der Waals surface area (Å²) in [7, 11) is 0. The smallest absolute Gasteiger partial charge is 0.137 e. The molecule has 0 aliphatic rings. The first-order chi connectivity index (χ1) is 16.2. The van der Waals surface area contributed by atoms with Crippen LogP contribution >= 0.6 is 35.3 Å². The van der Waals surface area contributed by atoms with Gasteiger partial charge < -0.3 is 25.3 Å². The van der Waals surface area contributed by atoms with Crippen molar-refractivity contribution < 1.29 is 18.5 Å². The number of nitrogens with zero attached hydrogens (tertiary/aromatic N) is 1. The summed E-state index contributed by atoms with van der Waals surface area (Å²) < 4.78 is 23.6. The molecule has 0 saturated heterocycles. The fourth-order valence-corrected chi connectivity index (χ4v) is 3.78. The molecule has 0 aromatic heterocycles. The van der Waals surface area contributed by atoms with Crippen molar-refractivity contribution in [3.8, 4) is 11.5 Å². The van der Waals surface area contributed by atoms with Gasteiger partial charge in [0.1, 0.15) is 24.2 Å². The van der Waals surface area contributed by atoms with Gasteiger partial charge in [0.05, 0.1) is 36.1 Å². The number of rotatable bonds is 14. The van der Waals surface area contributed by atoms with Crippen LogP contribution in [0.3, 0.4) is 0 Å². The van der Waals surface area contributed by atoms with Gasteiger partial charge >= 0.3 is 0 Å². The highest BCUT2D eigenvalue weighted by atomic mass is 35.5. The molecular weight excluding hydrogens is 500 g/mol.